The van der Waals surface area contributed by atoms with Crippen LogP contribution >= 0.6 is 0 Å². The summed E-state index contributed by atoms with van der Waals surface area (Å²) in [7, 11) is 0. The molecule has 1 heterocycles. The molecule has 1 amide bonds. The number of hydrogen-bond donors (Lipinski definition) is 1. The molecule has 1 aliphatic rings. The van der Waals surface area contributed by atoms with Crippen LogP contribution in [0.3, 0.4) is 0 Å². The van der Waals surface area contributed by atoms with Crippen LogP contribution in [0.1, 0.15) is 53.1 Å². The van der Waals surface area contributed by atoms with Gasteiger partial charge >= 0.3 is 12.1 Å². The largest absolute Gasteiger partial charge is 0.449 e. The highest BCUT2D eigenvalue weighted by Gasteiger charge is 2.31. The lowest BCUT2D eigenvalue weighted by molar-refractivity contribution is -0.137. The smallest absolute Gasteiger partial charge is 0.416 e. The highest BCUT2D eigenvalue weighted by atomic mass is 19.4. The van der Waals surface area contributed by atoms with Crippen molar-refractivity contribution in [1.82, 2.24) is 4.57 Å². The van der Waals surface area contributed by atoms with E-state index in [0.29, 0.717) is 11.6 Å². The second-order valence-corrected chi connectivity index (χ2v) is 7.00. The van der Waals surface area contributed by atoms with Crippen molar-refractivity contribution in [2.24, 2.45) is 0 Å². The second kappa shape index (κ2) is 7.33. The first-order valence-electron chi connectivity index (χ1n) is 8.95. The average Bonchev–Trinajstić information content (AvgIpc) is 3.39. The highest BCUT2D eigenvalue weighted by molar-refractivity contribution is 5.97. The molecule has 1 aromatic heterocycles. The molecule has 5 nitrogen and oxygen atoms in total. The minimum Gasteiger partial charge on any atom is -0.449 e. The minimum absolute atomic E-state index is 0.0189. The van der Waals surface area contributed by atoms with Crippen molar-refractivity contribution in [3.8, 4) is 0 Å². The van der Waals surface area contributed by atoms with Gasteiger partial charge in [-0.1, -0.05) is 6.07 Å². The molecule has 0 spiro atoms. The predicted molar refractivity (Wildman–Crippen MR) is 97.1 cm³/mol. The van der Waals surface area contributed by atoms with Gasteiger partial charge in [0.1, 0.15) is 0 Å². The number of aromatic nitrogens is 1. The Hall–Kier alpha value is -2.77. The lowest BCUT2D eigenvalue weighted by atomic mass is 10.2. The van der Waals surface area contributed by atoms with Gasteiger partial charge in [0.05, 0.1) is 11.1 Å². The highest BCUT2D eigenvalue weighted by Crippen LogP contribution is 2.38. The van der Waals surface area contributed by atoms with Crippen LogP contribution in [0.2, 0.25) is 0 Å². The van der Waals surface area contributed by atoms with E-state index in [1.165, 1.54) is 19.1 Å². The number of carbonyl (C=O) groups excluding carboxylic acids is 2. The number of esters is 1. The van der Waals surface area contributed by atoms with Gasteiger partial charge in [-0.2, -0.15) is 13.2 Å². The molecule has 1 atom stereocenters. The molecule has 1 N–H and O–H groups in total. The number of nitrogens with one attached hydrogen (secondary N) is 1. The lowest BCUT2D eigenvalue weighted by Crippen LogP contribution is -2.30. The van der Waals surface area contributed by atoms with Crippen molar-refractivity contribution in [1.29, 1.82) is 0 Å². The van der Waals surface area contributed by atoms with Gasteiger partial charge in [0, 0.05) is 23.1 Å². The average molecular weight is 394 g/mol. The molecular weight excluding hydrogens is 373 g/mol. The molecule has 3 rings (SSSR count). The predicted octanol–water partition coefficient (Wildman–Crippen LogP) is 4.64. The Bertz CT molecular complexity index is 914. The Labute approximate surface area is 160 Å². The first kappa shape index (κ1) is 20.0. The fourth-order valence-electron chi connectivity index (χ4n) is 3.17. The summed E-state index contributed by atoms with van der Waals surface area (Å²) in [6.45, 7) is 5.11. The monoisotopic (exact) mass is 394 g/mol. The minimum atomic E-state index is -4.51. The van der Waals surface area contributed by atoms with Crippen molar-refractivity contribution in [3.63, 3.8) is 0 Å². The molecule has 0 aliphatic heterocycles. The fraction of sp³-hybridized carbons (Fsp3) is 0.400. The third kappa shape index (κ3) is 4.21. The van der Waals surface area contributed by atoms with Gasteiger partial charge in [-0.15, -0.1) is 0 Å². The molecule has 2 aromatic rings. The molecular formula is C20H21F3N2O3. The molecule has 1 aromatic carbocycles. The van der Waals surface area contributed by atoms with Crippen molar-refractivity contribution in [3.05, 3.63) is 52.8 Å². The quantitative estimate of drug-likeness (QED) is 0.752. The summed E-state index contributed by atoms with van der Waals surface area (Å²) in [6.07, 6.45) is -3.53. The van der Waals surface area contributed by atoms with Crippen LogP contribution in [-0.4, -0.2) is 22.5 Å². The van der Waals surface area contributed by atoms with E-state index >= 15 is 0 Å². The van der Waals surface area contributed by atoms with E-state index in [2.05, 4.69) is 9.88 Å². The maximum absolute atomic E-state index is 12.8. The van der Waals surface area contributed by atoms with Gasteiger partial charge in [-0.25, -0.2) is 4.79 Å². The van der Waals surface area contributed by atoms with Crippen molar-refractivity contribution >= 4 is 17.6 Å². The SMILES string of the molecule is Cc1cc(C(=O)O[C@@H](C)C(=O)Nc2cccc(C(F)(F)F)c2)c(C)n1C1CC1. The normalized spacial score (nSPS) is 15.2. The third-order valence-electron chi connectivity index (χ3n) is 4.73. The number of halogens is 3. The van der Waals surface area contributed by atoms with E-state index < -0.39 is 29.7 Å². The Morgan fingerprint density at radius 1 is 1.21 bits per heavy atom. The number of benzene rings is 1. The third-order valence-corrected chi connectivity index (χ3v) is 4.73. The summed E-state index contributed by atoms with van der Waals surface area (Å²) in [5, 5.41) is 2.35. The van der Waals surface area contributed by atoms with E-state index in [4.69, 9.17) is 4.74 Å². The van der Waals surface area contributed by atoms with Gasteiger partial charge in [-0.3, -0.25) is 4.79 Å². The Balaban J connectivity index is 1.66. The van der Waals surface area contributed by atoms with Gasteiger partial charge in [0.2, 0.25) is 0 Å². The van der Waals surface area contributed by atoms with Crippen LogP contribution in [-0.2, 0) is 15.7 Å². The molecule has 150 valence electrons. The van der Waals surface area contributed by atoms with E-state index in [1.54, 1.807) is 6.07 Å². The summed E-state index contributed by atoms with van der Waals surface area (Å²) < 4.78 is 45.6. The number of ether oxygens (including phenoxy) is 1. The summed E-state index contributed by atoms with van der Waals surface area (Å²) >= 11 is 0. The van der Waals surface area contributed by atoms with Crippen LogP contribution in [0.4, 0.5) is 18.9 Å². The molecule has 1 aliphatic carbocycles. The van der Waals surface area contributed by atoms with Crippen LogP contribution < -0.4 is 5.32 Å². The summed E-state index contributed by atoms with van der Waals surface area (Å²) in [5.41, 5.74) is 1.24. The maximum Gasteiger partial charge on any atom is 0.416 e. The zero-order valence-electron chi connectivity index (χ0n) is 15.8. The maximum atomic E-state index is 12.8. The standard InChI is InChI=1S/C20H21F3N2O3/c1-11-9-17(12(2)25(11)16-7-8-16)19(27)28-13(3)18(26)24-15-6-4-5-14(10-15)20(21,22)23/h4-6,9-10,13,16H,7-8H2,1-3H3,(H,24,26)/t13-/m0/s1. The number of rotatable bonds is 5. The van der Waals surface area contributed by atoms with Crippen LogP contribution in [0, 0.1) is 13.8 Å². The Morgan fingerprint density at radius 3 is 2.50 bits per heavy atom. The topological polar surface area (TPSA) is 60.3 Å². The molecule has 28 heavy (non-hydrogen) atoms. The lowest BCUT2D eigenvalue weighted by Gasteiger charge is -2.15. The Morgan fingerprint density at radius 2 is 1.89 bits per heavy atom. The van der Waals surface area contributed by atoms with Gasteiger partial charge in [0.15, 0.2) is 6.10 Å². The van der Waals surface area contributed by atoms with Crippen LogP contribution in [0.25, 0.3) is 0 Å². The number of alkyl halides is 3. The molecule has 1 fully saturated rings. The van der Waals surface area contributed by atoms with Gasteiger partial charge < -0.3 is 14.6 Å². The summed E-state index contributed by atoms with van der Waals surface area (Å²) in [6, 6.07) is 6.41. The van der Waals surface area contributed by atoms with Crippen molar-refractivity contribution < 1.29 is 27.5 Å². The van der Waals surface area contributed by atoms with E-state index in [0.717, 1.165) is 36.4 Å². The fourth-order valence-corrected chi connectivity index (χ4v) is 3.17. The number of nitrogens with zero attached hydrogens (tertiary/aromatic N) is 1. The number of amides is 1. The molecule has 8 heteroatoms. The number of aryl methyl sites for hydroxylation is 1. The molecule has 0 unspecified atom stereocenters. The zero-order chi connectivity index (χ0) is 20.6. The number of hydrogen-bond acceptors (Lipinski definition) is 3. The summed E-state index contributed by atoms with van der Waals surface area (Å²) in [4.78, 5) is 24.7. The van der Waals surface area contributed by atoms with Gasteiger partial charge in [0.25, 0.3) is 5.91 Å². The molecule has 1 saturated carbocycles. The summed E-state index contributed by atoms with van der Waals surface area (Å²) in [5.74, 6) is -1.34. The van der Waals surface area contributed by atoms with Crippen LogP contribution in [0.5, 0.6) is 0 Å². The first-order valence-corrected chi connectivity index (χ1v) is 8.95. The van der Waals surface area contributed by atoms with E-state index in [9.17, 15) is 22.8 Å². The van der Waals surface area contributed by atoms with Gasteiger partial charge in [-0.05, 0) is 57.9 Å². The molecule has 0 radical (unpaired) electrons. The van der Waals surface area contributed by atoms with Crippen molar-refractivity contribution in [2.45, 2.75) is 51.9 Å². The van der Waals surface area contributed by atoms with Crippen molar-refractivity contribution in [2.75, 3.05) is 5.32 Å². The number of carbonyl (C=O) groups is 2. The second-order valence-electron chi connectivity index (χ2n) is 7.00. The van der Waals surface area contributed by atoms with E-state index in [1.807, 2.05) is 13.8 Å². The zero-order valence-corrected chi connectivity index (χ0v) is 15.8. The number of anilines is 1. The van der Waals surface area contributed by atoms with Crippen LogP contribution in [0.15, 0.2) is 30.3 Å². The molecule has 0 bridgehead atoms. The molecule has 0 saturated heterocycles. The Kier molecular flexibility index (Phi) is 5.23. The van der Waals surface area contributed by atoms with E-state index in [-0.39, 0.29) is 5.69 Å². The first-order chi connectivity index (χ1) is 13.1.